The summed E-state index contributed by atoms with van der Waals surface area (Å²) in [6.45, 7) is 6.58. The largest absolute Gasteiger partial charge is 0.478 e. The molecule has 6 heteroatoms. The van der Waals surface area contributed by atoms with Gasteiger partial charge in [-0.15, -0.1) is 0 Å². The van der Waals surface area contributed by atoms with Crippen molar-refractivity contribution in [2.45, 2.75) is 71.0 Å². The number of benzene rings is 2. The second kappa shape index (κ2) is 9.69. The zero-order chi connectivity index (χ0) is 24.5. The minimum Gasteiger partial charge on any atom is -0.478 e. The Kier molecular flexibility index (Phi) is 6.87. The zero-order valence-electron chi connectivity index (χ0n) is 20.1. The molecule has 5 nitrogen and oxygen atoms in total. The molecule has 1 spiro atoms. The molecular formula is C28H33FN2O3. The van der Waals surface area contributed by atoms with Gasteiger partial charge in [0.1, 0.15) is 17.2 Å². The number of amides is 1. The van der Waals surface area contributed by atoms with Crippen LogP contribution in [0.4, 0.5) is 4.39 Å². The molecule has 0 saturated heterocycles. The second-order valence-electron chi connectivity index (χ2n) is 9.94. The Bertz CT molecular complexity index is 1070. The Morgan fingerprint density at radius 1 is 1.12 bits per heavy atom. The van der Waals surface area contributed by atoms with E-state index < -0.39 is 11.6 Å². The molecule has 1 aliphatic carbocycles. The van der Waals surface area contributed by atoms with E-state index in [-0.39, 0.29) is 23.3 Å². The van der Waals surface area contributed by atoms with Crippen LogP contribution in [0, 0.1) is 17.7 Å². The third-order valence-corrected chi connectivity index (χ3v) is 7.50. The number of rotatable bonds is 7. The quantitative estimate of drug-likeness (QED) is 0.527. The van der Waals surface area contributed by atoms with Gasteiger partial charge in [0, 0.05) is 5.56 Å². The normalized spacial score (nSPS) is 23.4. The van der Waals surface area contributed by atoms with Crippen LogP contribution in [0.5, 0.6) is 0 Å². The number of nitrogens with zero attached hydrogens (tertiary/aromatic N) is 2. The van der Waals surface area contributed by atoms with Crippen molar-refractivity contribution in [2.75, 3.05) is 0 Å². The SMILES string of the molecule is CCC[C@H](c1ccc(C(=O)O)cc1)N1C(=O)C(c2ccc(F)cc2)=NC12CCC(C(C)C)CC2. The van der Waals surface area contributed by atoms with Crippen LogP contribution in [0.2, 0.25) is 0 Å². The molecule has 0 radical (unpaired) electrons. The molecule has 180 valence electrons. The maximum Gasteiger partial charge on any atom is 0.335 e. The molecule has 1 N–H and O–H groups in total. The van der Waals surface area contributed by atoms with Gasteiger partial charge in [0.2, 0.25) is 0 Å². The second-order valence-corrected chi connectivity index (χ2v) is 9.94. The molecule has 4 rings (SSSR count). The van der Waals surface area contributed by atoms with Gasteiger partial charge in [-0.1, -0.05) is 39.3 Å². The molecule has 0 bridgehead atoms. The Labute approximate surface area is 200 Å². The minimum absolute atomic E-state index is 0.129. The Morgan fingerprint density at radius 2 is 1.74 bits per heavy atom. The molecule has 1 saturated carbocycles. The maximum atomic E-state index is 14.0. The van der Waals surface area contributed by atoms with Crippen LogP contribution >= 0.6 is 0 Å². The predicted octanol–water partition coefficient (Wildman–Crippen LogP) is 6.24. The van der Waals surface area contributed by atoms with Crippen LogP contribution in [0.1, 0.15) is 86.8 Å². The highest BCUT2D eigenvalue weighted by molar-refractivity contribution is 6.46. The fourth-order valence-corrected chi connectivity index (χ4v) is 5.53. The Morgan fingerprint density at radius 3 is 2.26 bits per heavy atom. The van der Waals surface area contributed by atoms with Crippen molar-refractivity contribution in [1.29, 1.82) is 0 Å². The van der Waals surface area contributed by atoms with Gasteiger partial charge in [0.05, 0.1) is 11.6 Å². The van der Waals surface area contributed by atoms with Crippen molar-refractivity contribution in [1.82, 2.24) is 4.90 Å². The van der Waals surface area contributed by atoms with Crippen molar-refractivity contribution in [3.05, 3.63) is 71.0 Å². The van der Waals surface area contributed by atoms with Crippen molar-refractivity contribution in [2.24, 2.45) is 16.8 Å². The summed E-state index contributed by atoms with van der Waals surface area (Å²) in [7, 11) is 0. The Balaban J connectivity index is 1.76. The lowest BCUT2D eigenvalue weighted by atomic mass is 9.76. The molecule has 1 aliphatic heterocycles. The van der Waals surface area contributed by atoms with E-state index in [0.29, 0.717) is 23.1 Å². The number of carbonyl (C=O) groups excluding carboxylic acids is 1. The molecule has 34 heavy (non-hydrogen) atoms. The van der Waals surface area contributed by atoms with Crippen LogP contribution < -0.4 is 0 Å². The average Bonchev–Trinajstić information content (AvgIpc) is 3.09. The van der Waals surface area contributed by atoms with Crippen molar-refractivity contribution in [3.8, 4) is 0 Å². The molecule has 2 aliphatic rings. The van der Waals surface area contributed by atoms with Crippen molar-refractivity contribution >= 4 is 17.6 Å². The van der Waals surface area contributed by atoms with E-state index in [1.807, 2.05) is 17.0 Å². The zero-order valence-corrected chi connectivity index (χ0v) is 20.1. The summed E-state index contributed by atoms with van der Waals surface area (Å²) >= 11 is 0. The number of aromatic carboxylic acids is 1. The molecule has 1 amide bonds. The van der Waals surface area contributed by atoms with Crippen LogP contribution in [-0.2, 0) is 4.79 Å². The van der Waals surface area contributed by atoms with Crippen LogP contribution in [0.3, 0.4) is 0 Å². The van der Waals surface area contributed by atoms with Gasteiger partial charge in [-0.3, -0.25) is 9.79 Å². The number of halogens is 1. The van der Waals surface area contributed by atoms with Crippen molar-refractivity contribution < 1.29 is 19.1 Å². The first-order valence-electron chi connectivity index (χ1n) is 12.3. The number of carboxylic acids is 1. The lowest BCUT2D eigenvalue weighted by Gasteiger charge is -2.46. The standard InChI is InChI=1S/C28H33FN2O3/c1-4-5-24(20-6-8-22(9-7-20)27(33)34)31-26(32)25(21-10-12-23(29)13-11-21)30-28(31)16-14-19(15-17-28)18(2)3/h6-13,18-19,24H,4-5,14-17H2,1-3H3,(H,33,34)/t19?,24-,28?/m1/s1. The van der Waals surface area contributed by atoms with Crippen molar-refractivity contribution in [3.63, 3.8) is 0 Å². The van der Waals surface area contributed by atoms with Gasteiger partial charge in [-0.2, -0.15) is 0 Å². The van der Waals surface area contributed by atoms with E-state index in [4.69, 9.17) is 4.99 Å². The van der Waals surface area contributed by atoms with E-state index in [9.17, 15) is 19.1 Å². The molecule has 1 atom stereocenters. The number of hydrogen-bond donors (Lipinski definition) is 1. The first kappa shape index (κ1) is 24.1. The van der Waals surface area contributed by atoms with Gasteiger partial charge in [-0.25, -0.2) is 9.18 Å². The van der Waals surface area contributed by atoms with Crippen LogP contribution in [0.15, 0.2) is 53.5 Å². The fourth-order valence-electron chi connectivity index (χ4n) is 5.53. The smallest absolute Gasteiger partial charge is 0.335 e. The van der Waals surface area contributed by atoms with E-state index >= 15 is 0 Å². The molecule has 2 aromatic rings. The molecule has 1 heterocycles. The number of aliphatic imine (C=N–C) groups is 1. The molecule has 0 unspecified atom stereocenters. The summed E-state index contributed by atoms with van der Waals surface area (Å²) in [5.74, 6) is -0.261. The minimum atomic E-state index is -0.971. The van der Waals surface area contributed by atoms with E-state index in [1.54, 1.807) is 24.3 Å². The summed E-state index contributed by atoms with van der Waals surface area (Å²) in [6.07, 6.45) is 5.20. The summed E-state index contributed by atoms with van der Waals surface area (Å²) < 4.78 is 13.6. The lowest BCUT2D eigenvalue weighted by Crippen LogP contribution is -2.51. The molecular weight excluding hydrogens is 431 g/mol. The fraction of sp³-hybridized carbons (Fsp3) is 0.464. The maximum absolute atomic E-state index is 14.0. The summed E-state index contributed by atoms with van der Waals surface area (Å²) in [4.78, 5) is 32.4. The molecule has 1 fully saturated rings. The molecule has 2 aromatic carbocycles. The summed E-state index contributed by atoms with van der Waals surface area (Å²) in [5, 5.41) is 9.31. The van der Waals surface area contributed by atoms with E-state index in [1.165, 1.54) is 12.1 Å². The van der Waals surface area contributed by atoms with Crippen LogP contribution in [0.25, 0.3) is 0 Å². The van der Waals surface area contributed by atoms with Gasteiger partial charge in [-0.05, 0) is 85.9 Å². The van der Waals surface area contributed by atoms with Gasteiger partial charge in [0.15, 0.2) is 0 Å². The topological polar surface area (TPSA) is 70.0 Å². The summed E-state index contributed by atoms with van der Waals surface area (Å²) in [6, 6.07) is 12.6. The van der Waals surface area contributed by atoms with E-state index in [2.05, 4.69) is 20.8 Å². The highest BCUT2D eigenvalue weighted by Gasteiger charge is 2.51. The van der Waals surface area contributed by atoms with Crippen LogP contribution in [-0.4, -0.2) is 33.3 Å². The van der Waals surface area contributed by atoms with E-state index in [0.717, 1.165) is 44.1 Å². The van der Waals surface area contributed by atoms with Gasteiger partial charge in [0.25, 0.3) is 5.91 Å². The summed E-state index contributed by atoms with van der Waals surface area (Å²) in [5.41, 5.74) is 1.54. The number of hydrogen-bond acceptors (Lipinski definition) is 3. The predicted molar refractivity (Wildman–Crippen MR) is 130 cm³/mol. The third kappa shape index (κ3) is 4.50. The molecule has 0 aromatic heterocycles. The number of carboxylic acid groups (broad SMARTS) is 1. The third-order valence-electron chi connectivity index (χ3n) is 7.50. The average molecular weight is 465 g/mol. The van der Waals surface area contributed by atoms with Gasteiger partial charge < -0.3 is 10.0 Å². The number of carbonyl (C=O) groups is 2. The monoisotopic (exact) mass is 464 g/mol. The first-order valence-corrected chi connectivity index (χ1v) is 12.3. The lowest BCUT2D eigenvalue weighted by molar-refractivity contribution is -0.133. The first-order chi connectivity index (χ1) is 16.3. The Hall–Kier alpha value is -3.02. The van der Waals surface area contributed by atoms with Gasteiger partial charge >= 0.3 is 5.97 Å². The highest BCUT2D eigenvalue weighted by Crippen LogP contribution is 2.47. The highest BCUT2D eigenvalue weighted by atomic mass is 19.1.